The SMILES string of the molecule is COc1c(CCCCN)cc(C)c(C)c1Br. The minimum Gasteiger partial charge on any atom is -0.495 e. The van der Waals surface area contributed by atoms with Crippen molar-refractivity contribution in [1.82, 2.24) is 0 Å². The highest BCUT2D eigenvalue weighted by molar-refractivity contribution is 9.10. The van der Waals surface area contributed by atoms with Crippen molar-refractivity contribution in [3.8, 4) is 5.75 Å². The summed E-state index contributed by atoms with van der Waals surface area (Å²) < 4.78 is 6.55. The first-order valence-corrected chi connectivity index (χ1v) is 6.43. The molecule has 1 aromatic carbocycles. The van der Waals surface area contributed by atoms with Crippen molar-refractivity contribution in [2.75, 3.05) is 13.7 Å². The Kier molecular flexibility index (Phi) is 5.29. The molecule has 0 atom stereocenters. The monoisotopic (exact) mass is 285 g/mol. The summed E-state index contributed by atoms with van der Waals surface area (Å²) in [6, 6.07) is 2.22. The molecular formula is C13H20BrNO. The maximum Gasteiger partial charge on any atom is 0.136 e. The van der Waals surface area contributed by atoms with Gasteiger partial charge in [0.25, 0.3) is 0 Å². The molecule has 1 aromatic rings. The molecule has 0 fully saturated rings. The molecule has 2 N–H and O–H groups in total. The van der Waals surface area contributed by atoms with Gasteiger partial charge in [0, 0.05) is 0 Å². The fourth-order valence-corrected chi connectivity index (χ4v) is 2.51. The van der Waals surface area contributed by atoms with Crippen LogP contribution in [0.2, 0.25) is 0 Å². The molecule has 2 nitrogen and oxygen atoms in total. The van der Waals surface area contributed by atoms with Gasteiger partial charge in [-0.25, -0.2) is 0 Å². The van der Waals surface area contributed by atoms with Crippen molar-refractivity contribution in [3.05, 3.63) is 27.2 Å². The number of unbranched alkanes of at least 4 members (excludes halogenated alkanes) is 1. The Labute approximate surface area is 106 Å². The van der Waals surface area contributed by atoms with Crippen LogP contribution in [-0.2, 0) is 6.42 Å². The van der Waals surface area contributed by atoms with E-state index in [1.54, 1.807) is 7.11 Å². The Morgan fingerprint density at radius 2 is 2.00 bits per heavy atom. The largest absolute Gasteiger partial charge is 0.495 e. The molecule has 0 saturated heterocycles. The van der Waals surface area contributed by atoms with Gasteiger partial charge in [0.15, 0.2) is 0 Å². The predicted octanol–water partition coefficient (Wildman–Crippen LogP) is 3.36. The average Bonchev–Trinajstić information content (AvgIpc) is 2.27. The third-order valence-electron chi connectivity index (χ3n) is 2.91. The number of aryl methyl sites for hydroxylation is 2. The summed E-state index contributed by atoms with van der Waals surface area (Å²) in [5.74, 6) is 0.972. The number of halogens is 1. The van der Waals surface area contributed by atoms with E-state index in [9.17, 15) is 0 Å². The Morgan fingerprint density at radius 1 is 1.31 bits per heavy atom. The molecule has 0 spiro atoms. The van der Waals surface area contributed by atoms with Crippen molar-refractivity contribution >= 4 is 15.9 Å². The van der Waals surface area contributed by atoms with E-state index < -0.39 is 0 Å². The van der Waals surface area contributed by atoms with Gasteiger partial charge in [-0.15, -0.1) is 0 Å². The van der Waals surface area contributed by atoms with Crippen LogP contribution < -0.4 is 10.5 Å². The van der Waals surface area contributed by atoms with E-state index in [-0.39, 0.29) is 0 Å². The molecule has 0 aliphatic rings. The molecule has 90 valence electrons. The van der Waals surface area contributed by atoms with Crippen LogP contribution >= 0.6 is 15.9 Å². The van der Waals surface area contributed by atoms with Gasteiger partial charge in [0.05, 0.1) is 11.6 Å². The molecule has 0 aromatic heterocycles. The average molecular weight is 286 g/mol. The summed E-state index contributed by atoms with van der Waals surface area (Å²) in [5.41, 5.74) is 9.33. The highest BCUT2D eigenvalue weighted by atomic mass is 79.9. The first kappa shape index (κ1) is 13.5. The van der Waals surface area contributed by atoms with E-state index in [0.29, 0.717) is 0 Å². The number of hydrogen-bond acceptors (Lipinski definition) is 2. The standard InChI is InChI=1S/C13H20BrNO/c1-9-8-11(6-4-5-7-15)13(16-3)12(14)10(9)2/h8H,4-7,15H2,1-3H3. The van der Waals surface area contributed by atoms with Crippen molar-refractivity contribution in [1.29, 1.82) is 0 Å². The predicted molar refractivity (Wildman–Crippen MR) is 72.2 cm³/mol. The van der Waals surface area contributed by atoms with Crippen molar-refractivity contribution in [2.45, 2.75) is 33.1 Å². The summed E-state index contributed by atoms with van der Waals surface area (Å²) >= 11 is 3.60. The minimum absolute atomic E-state index is 0.758. The van der Waals surface area contributed by atoms with Crippen LogP contribution in [0.25, 0.3) is 0 Å². The zero-order valence-corrected chi connectivity index (χ0v) is 11.9. The van der Waals surface area contributed by atoms with E-state index in [1.165, 1.54) is 16.7 Å². The fraction of sp³-hybridized carbons (Fsp3) is 0.538. The van der Waals surface area contributed by atoms with Gasteiger partial charge in [-0.1, -0.05) is 6.07 Å². The maximum absolute atomic E-state index is 5.51. The summed E-state index contributed by atoms with van der Waals surface area (Å²) in [4.78, 5) is 0. The molecule has 1 rings (SSSR count). The third-order valence-corrected chi connectivity index (χ3v) is 3.86. The molecule has 0 saturated carbocycles. The van der Waals surface area contributed by atoms with Gasteiger partial charge < -0.3 is 10.5 Å². The second-order valence-electron chi connectivity index (χ2n) is 4.07. The summed E-state index contributed by atoms with van der Waals surface area (Å²) in [7, 11) is 1.72. The van der Waals surface area contributed by atoms with E-state index in [0.717, 1.165) is 36.0 Å². The zero-order valence-electron chi connectivity index (χ0n) is 10.3. The Morgan fingerprint density at radius 3 is 2.56 bits per heavy atom. The Balaban J connectivity index is 2.98. The Hall–Kier alpha value is -0.540. The number of ether oxygens (including phenoxy) is 1. The molecule has 0 unspecified atom stereocenters. The van der Waals surface area contributed by atoms with Gasteiger partial charge in [-0.3, -0.25) is 0 Å². The lowest BCUT2D eigenvalue weighted by Gasteiger charge is -2.14. The molecule has 0 bridgehead atoms. The van der Waals surface area contributed by atoms with Crippen LogP contribution in [-0.4, -0.2) is 13.7 Å². The van der Waals surface area contributed by atoms with Crippen molar-refractivity contribution in [3.63, 3.8) is 0 Å². The molecular weight excluding hydrogens is 266 g/mol. The normalized spacial score (nSPS) is 10.6. The number of benzene rings is 1. The highest BCUT2D eigenvalue weighted by Gasteiger charge is 2.11. The fourth-order valence-electron chi connectivity index (χ4n) is 1.79. The molecule has 0 aliphatic heterocycles. The Bertz CT molecular complexity index is 363. The van der Waals surface area contributed by atoms with E-state index in [4.69, 9.17) is 10.5 Å². The lowest BCUT2D eigenvalue weighted by molar-refractivity contribution is 0.405. The lowest BCUT2D eigenvalue weighted by Crippen LogP contribution is -2.01. The summed E-state index contributed by atoms with van der Waals surface area (Å²) in [6.45, 7) is 4.99. The minimum atomic E-state index is 0.758. The molecule has 0 heterocycles. The third kappa shape index (κ3) is 2.98. The molecule has 0 aliphatic carbocycles. The lowest BCUT2D eigenvalue weighted by atomic mass is 10.0. The smallest absolute Gasteiger partial charge is 0.136 e. The number of nitrogens with two attached hydrogens (primary N) is 1. The maximum atomic E-state index is 5.51. The zero-order chi connectivity index (χ0) is 12.1. The van der Waals surface area contributed by atoms with Gasteiger partial charge in [-0.2, -0.15) is 0 Å². The number of hydrogen-bond donors (Lipinski definition) is 1. The summed E-state index contributed by atoms with van der Waals surface area (Å²) in [5, 5.41) is 0. The number of methoxy groups -OCH3 is 1. The van der Waals surface area contributed by atoms with Crippen LogP contribution in [0.3, 0.4) is 0 Å². The van der Waals surface area contributed by atoms with Crippen LogP contribution in [0.5, 0.6) is 5.75 Å². The van der Waals surface area contributed by atoms with Gasteiger partial charge in [0.2, 0.25) is 0 Å². The van der Waals surface area contributed by atoms with Crippen LogP contribution in [0.4, 0.5) is 0 Å². The topological polar surface area (TPSA) is 35.2 Å². The van der Waals surface area contributed by atoms with Crippen molar-refractivity contribution in [2.24, 2.45) is 5.73 Å². The van der Waals surface area contributed by atoms with Crippen LogP contribution in [0.1, 0.15) is 29.5 Å². The first-order chi connectivity index (χ1) is 7.61. The first-order valence-electron chi connectivity index (χ1n) is 5.64. The highest BCUT2D eigenvalue weighted by Crippen LogP contribution is 2.34. The van der Waals surface area contributed by atoms with Crippen molar-refractivity contribution < 1.29 is 4.74 Å². The molecule has 16 heavy (non-hydrogen) atoms. The van der Waals surface area contributed by atoms with E-state index in [1.807, 2.05) is 0 Å². The van der Waals surface area contributed by atoms with Gasteiger partial charge >= 0.3 is 0 Å². The van der Waals surface area contributed by atoms with E-state index in [2.05, 4.69) is 35.8 Å². The van der Waals surface area contributed by atoms with Gasteiger partial charge in [0.1, 0.15) is 5.75 Å². The quantitative estimate of drug-likeness (QED) is 0.842. The molecule has 0 radical (unpaired) electrons. The van der Waals surface area contributed by atoms with E-state index >= 15 is 0 Å². The number of rotatable bonds is 5. The summed E-state index contributed by atoms with van der Waals surface area (Å²) in [6.07, 6.45) is 3.20. The molecule has 0 amide bonds. The second kappa shape index (κ2) is 6.26. The second-order valence-corrected chi connectivity index (χ2v) is 4.86. The molecule has 3 heteroatoms. The van der Waals surface area contributed by atoms with Gasteiger partial charge in [-0.05, 0) is 72.3 Å². The van der Waals surface area contributed by atoms with Crippen LogP contribution in [0, 0.1) is 13.8 Å². The van der Waals surface area contributed by atoms with Crippen LogP contribution in [0.15, 0.2) is 10.5 Å².